The van der Waals surface area contributed by atoms with Crippen molar-refractivity contribution in [2.45, 2.75) is 0 Å². The molecule has 1 aromatic rings. The number of nitrogens with one attached hydrogen (secondary N) is 1. The highest BCUT2D eigenvalue weighted by molar-refractivity contribution is 5.78. The molecule has 0 atom stereocenters. The van der Waals surface area contributed by atoms with Crippen molar-refractivity contribution < 1.29 is 4.74 Å². The van der Waals surface area contributed by atoms with Gasteiger partial charge < -0.3 is 10.5 Å². The lowest BCUT2D eigenvalue weighted by molar-refractivity contribution is 0.287. The van der Waals surface area contributed by atoms with Crippen molar-refractivity contribution in [2.24, 2.45) is 0 Å². The number of nitrogens with two attached hydrogens (primary N) is 1. The summed E-state index contributed by atoms with van der Waals surface area (Å²) in [6.45, 7) is 0.588. The molecule has 1 aromatic heterocycles. The minimum Gasteiger partial charge on any atom is -0.497 e. The molecule has 2 heterocycles. The number of nitrogens with zero attached hydrogens (tertiary/aromatic N) is 1. The van der Waals surface area contributed by atoms with Gasteiger partial charge >= 0.3 is 0 Å². The topological polar surface area (TPSA) is 63.9 Å². The molecule has 0 spiro atoms. The minimum atomic E-state index is 0.588. The number of nitrogen functional groups attached to an aromatic ring is 1. The lowest BCUT2D eigenvalue weighted by Gasteiger charge is -2.06. The normalized spacial score (nSPS) is 15.5. The molecule has 3 N–H and O–H groups in total. The number of anilines is 1. The first-order valence-corrected chi connectivity index (χ1v) is 3.65. The Labute approximate surface area is 69.7 Å². The van der Waals surface area contributed by atoms with Gasteiger partial charge in [0.1, 0.15) is 6.61 Å². The largest absolute Gasteiger partial charge is 0.497 e. The molecule has 0 amide bonds. The molecular weight excluding hydrogens is 154 g/mol. The van der Waals surface area contributed by atoms with Gasteiger partial charge in [-0.05, 0) is 12.2 Å². The van der Waals surface area contributed by atoms with Crippen LogP contribution in [0.15, 0.2) is 24.6 Å². The minimum absolute atomic E-state index is 0.588. The SMILES string of the molecule is Nc1cn[nH]c1C1=CCOC=C1. The lowest BCUT2D eigenvalue weighted by Crippen LogP contribution is -1.95. The zero-order valence-electron chi connectivity index (χ0n) is 6.45. The van der Waals surface area contributed by atoms with E-state index in [1.54, 1.807) is 12.5 Å². The molecule has 1 aliphatic rings. The molecule has 4 nitrogen and oxygen atoms in total. The monoisotopic (exact) mass is 163 g/mol. The van der Waals surface area contributed by atoms with Crippen LogP contribution in [0.5, 0.6) is 0 Å². The first-order valence-electron chi connectivity index (χ1n) is 3.65. The number of aromatic nitrogens is 2. The number of ether oxygens (including phenoxy) is 1. The van der Waals surface area contributed by atoms with Crippen LogP contribution in [0.1, 0.15) is 5.69 Å². The van der Waals surface area contributed by atoms with E-state index in [4.69, 9.17) is 10.5 Å². The molecule has 0 aromatic carbocycles. The van der Waals surface area contributed by atoms with E-state index in [9.17, 15) is 0 Å². The first kappa shape index (κ1) is 6.97. The van der Waals surface area contributed by atoms with Crippen molar-refractivity contribution in [3.05, 3.63) is 30.3 Å². The summed E-state index contributed by atoms with van der Waals surface area (Å²) in [6.07, 6.45) is 7.05. The van der Waals surface area contributed by atoms with Gasteiger partial charge in [-0.15, -0.1) is 0 Å². The number of rotatable bonds is 1. The summed E-state index contributed by atoms with van der Waals surface area (Å²) in [5.41, 5.74) is 8.20. The van der Waals surface area contributed by atoms with E-state index in [0.717, 1.165) is 11.3 Å². The number of hydrogen-bond donors (Lipinski definition) is 2. The lowest BCUT2D eigenvalue weighted by atomic mass is 10.1. The Morgan fingerprint density at radius 1 is 1.58 bits per heavy atom. The van der Waals surface area contributed by atoms with Crippen molar-refractivity contribution in [3.63, 3.8) is 0 Å². The highest BCUT2D eigenvalue weighted by Gasteiger charge is 2.06. The van der Waals surface area contributed by atoms with Gasteiger partial charge in [0.25, 0.3) is 0 Å². The quantitative estimate of drug-likeness (QED) is 0.647. The smallest absolute Gasteiger partial charge is 0.106 e. The standard InChI is InChI=1S/C8H9N3O/c9-7-5-10-11-8(7)6-1-3-12-4-2-6/h1-3,5H,4,9H2,(H,10,11). The summed E-state index contributed by atoms with van der Waals surface area (Å²) in [7, 11) is 0. The molecule has 12 heavy (non-hydrogen) atoms. The van der Waals surface area contributed by atoms with Crippen molar-refractivity contribution in [3.8, 4) is 0 Å². The van der Waals surface area contributed by atoms with E-state index < -0.39 is 0 Å². The second-order valence-electron chi connectivity index (χ2n) is 2.50. The van der Waals surface area contributed by atoms with Crippen molar-refractivity contribution in [2.75, 3.05) is 12.3 Å². The number of hydrogen-bond acceptors (Lipinski definition) is 3. The molecule has 62 valence electrons. The van der Waals surface area contributed by atoms with Crippen LogP contribution in [-0.4, -0.2) is 16.8 Å². The Hall–Kier alpha value is -1.71. The predicted molar refractivity (Wildman–Crippen MR) is 46.1 cm³/mol. The van der Waals surface area contributed by atoms with Crippen LogP contribution in [0.3, 0.4) is 0 Å². The maximum absolute atomic E-state index is 5.66. The van der Waals surface area contributed by atoms with Crippen molar-refractivity contribution in [1.82, 2.24) is 10.2 Å². The summed E-state index contributed by atoms with van der Waals surface area (Å²) in [6, 6.07) is 0. The first-order chi connectivity index (χ1) is 5.88. The van der Waals surface area contributed by atoms with Gasteiger partial charge in [0.15, 0.2) is 0 Å². The molecule has 0 saturated heterocycles. The number of aromatic amines is 1. The highest BCUT2D eigenvalue weighted by atomic mass is 16.5. The van der Waals surface area contributed by atoms with E-state index in [-0.39, 0.29) is 0 Å². The molecule has 0 radical (unpaired) electrons. The third kappa shape index (κ3) is 1.07. The zero-order chi connectivity index (χ0) is 8.39. The Morgan fingerprint density at radius 2 is 2.50 bits per heavy atom. The molecular formula is C8H9N3O. The van der Waals surface area contributed by atoms with Gasteiger partial charge in [-0.25, -0.2) is 0 Å². The van der Waals surface area contributed by atoms with E-state index in [2.05, 4.69) is 10.2 Å². The van der Waals surface area contributed by atoms with Crippen molar-refractivity contribution in [1.29, 1.82) is 0 Å². The van der Waals surface area contributed by atoms with E-state index in [0.29, 0.717) is 12.3 Å². The fourth-order valence-corrected chi connectivity index (χ4v) is 1.09. The molecule has 0 aliphatic carbocycles. The summed E-state index contributed by atoms with van der Waals surface area (Å²) in [4.78, 5) is 0. The zero-order valence-corrected chi connectivity index (χ0v) is 6.45. The van der Waals surface area contributed by atoms with Crippen molar-refractivity contribution >= 4 is 11.3 Å². The maximum Gasteiger partial charge on any atom is 0.106 e. The molecule has 0 bridgehead atoms. The molecule has 4 heteroatoms. The van der Waals surface area contributed by atoms with Crippen LogP contribution in [0.2, 0.25) is 0 Å². The van der Waals surface area contributed by atoms with Gasteiger partial charge in [-0.1, -0.05) is 0 Å². The average molecular weight is 163 g/mol. The molecule has 0 unspecified atom stereocenters. The van der Waals surface area contributed by atoms with E-state index in [1.807, 2.05) is 12.2 Å². The predicted octanol–water partition coefficient (Wildman–Crippen LogP) is 0.919. The van der Waals surface area contributed by atoms with E-state index >= 15 is 0 Å². The summed E-state index contributed by atoms with van der Waals surface area (Å²) < 4.78 is 5.01. The Bertz CT molecular complexity index is 338. The molecule has 2 rings (SSSR count). The van der Waals surface area contributed by atoms with Crippen LogP contribution >= 0.6 is 0 Å². The van der Waals surface area contributed by atoms with Crippen LogP contribution in [-0.2, 0) is 4.74 Å². The van der Waals surface area contributed by atoms with E-state index in [1.165, 1.54) is 0 Å². The summed E-state index contributed by atoms with van der Waals surface area (Å²) >= 11 is 0. The number of H-pyrrole nitrogens is 1. The third-order valence-electron chi connectivity index (χ3n) is 1.70. The second-order valence-corrected chi connectivity index (χ2v) is 2.50. The average Bonchev–Trinajstić information content (AvgIpc) is 2.53. The Morgan fingerprint density at radius 3 is 3.08 bits per heavy atom. The van der Waals surface area contributed by atoms with Crippen LogP contribution < -0.4 is 5.73 Å². The van der Waals surface area contributed by atoms with Gasteiger partial charge in [-0.3, -0.25) is 5.10 Å². The fourth-order valence-electron chi connectivity index (χ4n) is 1.09. The fraction of sp³-hybridized carbons (Fsp3) is 0.125. The summed E-state index contributed by atoms with van der Waals surface area (Å²) in [5, 5.41) is 6.66. The van der Waals surface area contributed by atoms with Gasteiger partial charge in [0.05, 0.1) is 23.8 Å². The second kappa shape index (κ2) is 2.73. The third-order valence-corrected chi connectivity index (χ3v) is 1.70. The molecule has 0 fully saturated rings. The molecule has 0 saturated carbocycles. The highest BCUT2D eigenvalue weighted by Crippen LogP contribution is 2.20. The number of allylic oxidation sites excluding steroid dienone is 2. The Kier molecular flexibility index (Phi) is 1.59. The van der Waals surface area contributed by atoms with Crippen LogP contribution in [0, 0.1) is 0 Å². The van der Waals surface area contributed by atoms with Crippen LogP contribution in [0.4, 0.5) is 5.69 Å². The van der Waals surface area contributed by atoms with Gasteiger partial charge in [-0.2, -0.15) is 5.10 Å². The van der Waals surface area contributed by atoms with Gasteiger partial charge in [0, 0.05) is 5.57 Å². The Balaban J connectivity index is 2.36. The maximum atomic E-state index is 5.66. The van der Waals surface area contributed by atoms with Crippen LogP contribution in [0.25, 0.3) is 5.57 Å². The molecule has 1 aliphatic heterocycles. The van der Waals surface area contributed by atoms with Gasteiger partial charge in [0.2, 0.25) is 0 Å². The summed E-state index contributed by atoms with van der Waals surface area (Å²) in [5.74, 6) is 0.